The Balaban J connectivity index is 4.32. The van der Waals surface area contributed by atoms with Crippen LogP contribution in [0.5, 0.6) is 0 Å². The maximum absolute atomic E-state index is 3.78. The molecule has 0 aromatic rings. The van der Waals surface area contributed by atoms with E-state index < -0.39 is 5.55 Å². The van der Waals surface area contributed by atoms with E-state index in [0.29, 0.717) is 0 Å². The zero-order valence-electron chi connectivity index (χ0n) is 10.5. The summed E-state index contributed by atoms with van der Waals surface area (Å²) in [4.78, 5) is 0. The van der Waals surface area contributed by atoms with E-state index in [0.717, 1.165) is 0 Å². The van der Waals surface area contributed by atoms with Crippen LogP contribution in [0.25, 0.3) is 0 Å². The summed E-state index contributed by atoms with van der Waals surface area (Å²) in [5.74, 6) is 0. The molecular weight excluding hydrogens is 314 g/mol. The molecule has 0 saturated heterocycles. The maximum atomic E-state index is 3.78. The molecule has 0 aromatic heterocycles. The van der Waals surface area contributed by atoms with Gasteiger partial charge >= 0.3 is 110 Å². The van der Waals surface area contributed by atoms with Crippen LogP contribution in [0.2, 0.25) is 0 Å². The fraction of sp³-hybridized carbons (Fsp3) is 1.00. The van der Waals surface area contributed by atoms with Crippen LogP contribution in [-0.2, 0) is 12.0 Å². The molecule has 0 N–H and O–H groups in total. The third kappa shape index (κ3) is 7.36. The van der Waals surface area contributed by atoms with Crippen molar-refractivity contribution < 1.29 is 12.0 Å². The number of halogens is 1. The van der Waals surface area contributed by atoms with Gasteiger partial charge in [0.1, 0.15) is 0 Å². The van der Waals surface area contributed by atoms with Gasteiger partial charge in [0.2, 0.25) is 0 Å². The molecule has 0 heterocycles. The summed E-state index contributed by atoms with van der Waals surface area (Å²) >= 11 is 5.38. The molecule has 0 aliphatic rings. The monoisotopic (exact) mass is 340 g/mol. The fourth-order valence-electron chi connectivity index (χ4n) is 1.72. The van der Waals surface area contributed by atoms with Gasteiger partial charge in [0.25, 0.3) is 0 Å². The van der Waals surface area contributed by atoms with Crippen molar-refractivity contribution in [3.05, 3.63) is 0 Å². The first-order chi connectivity index (χ1) is 7.24. The SMILES string of the molecule is CCCC[P](CCCC)(CCCC)=[Co][Br]. The quantitative estimate of drug-likeness (QED) is 0.471. The molecule has 0 aliphatic carbocycles. The van der Waals surface area contributed by atoms with Crippen molar-refractivity contribution in [2.45, 2.75) is 59.3 Å². The summed E-state index contributed by atoms with van der Waals surface area (Å²) in [6, 6.07) is 0. The van der Waals surface area contributed by atoms with E-state index >= 15 is 0 Å². The first-order valence-corrected chi connectivity index (χ1v) is 12.5. The van der Waals surface area contributed by atoms with Gasteiger partial charge in [-0.1, -0.05) is 0 Å². The van der Waals surface area contributed by atoms with Gasteiger partial charge in [-0.25, -0.2) is 0 Å². The van der Waals surface area contributed by atoms with Crippen molar-refractivity contribution >= 4 is 19.7 Å². The molecule has 0 rings (SSSR count). The van der Waals surface area contributed by atoms with Gasteiger partial charge in [0.15, 0.2) is 0 Å². The van der Waals surface area contributed by atoms with Gasteiger partial charge in [-0.3, -0.25) is 0 Å². The van der Waals surface area contributed by atoms with E-state index in [4.69, 9.17) is 0 Å². The molecule has 0 amide bonds. The second-order valence-corrected chi connectivity index (χ2v) is 14.1. The summed E-state index contributed by atoms with van der Waals surface area (Å²) in [5.41, 5.74) is -0.641. The Morgan fingerprint density at radius 1 is 0.800 bits per heavy atom. The molecule has 0 saturated carbocycles. The molecule has 0 radical (unpaired) electrons. The van der Waals surface area contributed by atoms with E-state index in [1.807, 2.05) is 0 Å². The Morgan fingerprint density at radius 3 is 1.33 bits per heavy atom. The molecule has 0 bridgehead atoms. The molecule has 0 aromatic carbocycles. The average Bonchev–Trinajstić information content (AvgIpc) is 2.29. The number of hydrogen-bond donors (Lipinski definition) is 0. The molecule has 0 nitrogen and oxygen atoms in total. The van der Waals surface area contributed by atoms with Crippen molar-refractivity contribution in [2.24, 2.45) is 0 Å². The Kier molecular flexibility index (Phi) is 11.6. The van der Waals surface area contributed by atoms with Crippen LogP contribution in [0.1, 0.15) is 59.3 Å². The molecule has 0 atom stereocenters. The van der Waals surface area contributed by atoms with Crippen molar-refractivity contribution in [1.29, 1.82) is 0 Å². The van der Waals surface area contributed by atoms with Crippen LogP contribution >= 0.6 is 19.7 Å². The molecule has 96 valence electrons. The van der Waals surface area contributed by atoms with Gasteiger partial charge in [-0.15, -0.1) is 0 Å². The Bertz CT molecular complexity index is 164. The van der Waals surface area contributed by atoms with E-state index in [9.17, 15) is 0 Å². The number of rotatable bonds is 9. The first kappa shape index (κ1) is 16.4. The predicted octanol–water partition coefficient (Wildman–Crippen LogP) is 5.71. The molecule has 0 aliphatic heterocycles. The van der Waals surface area contributed by atoms with E-state index in [1.54, 1.807) is 12.0 Å². The van der Waals surface area contributed by atoms with Crippen LogP contribution in [-0.4, -0.2) is 18.5 Å². The van der Waals surface area contributed by atoms with Crippen molar-refractivity contribution in [2.75, 3.05) is 18.5 Å². The Labute approximate surface area is 109 Å². The normalized spacial score (nSPS) is 12.3. The number of unbranched alkanes of at least 4 members (excludes halogenated alkanes) is 3. The van der Waals surface area contributed by atoms with Gasteiger partial charge < -0.3 is 0 Å². The molecule has 15 heavy (non-hydrogen) atoms. The van der Waals surface area contributed by atoms with Crippen LogP contribution in [0.15, 0.2) is 0 Å². The van der Waals surface area contributed by atoms with Gasteiger partial charge in [0.05, 0.1) is 0 Å². The Hall–Kier alpha value is 1.42. The van der Waals surface area contributed by atoms with Crippen LogP contribution in [0.4, 0.5) is 0 Å². The third-order valence-corrected chi connectivity index (χ3v) is 15.8. The van der Waals surface area contributed by atoms with E-state index in [-0.39, 0.29) is 0 Å². The van der Waals surface area contributed by atoms with Crippen molar-refractivity contribution in [3.63, 3.8) is 0 Å². The standard InChI is InChI=1S/C12H27P.BrH.Co/c1-4-7-10-13(11-8-5-2)12-9-6-3;;/h4-12H2,1-3H3;1H;/q;;+1/p-1. The number of hydrogen-bond acceptors (Lipinski definition) is 0. The summed E-state index contributed by atoms with van der Waals surface area (Å²) < 4.78 is 0. The third-order valence-electron chi connectivity index (χ3n) is 2.83. The minimum absolute atomic E-state index is 0.641. The van der Waals surface area contributed by atoms with Crippen molar-refractivity contribution in [3.8, 4) is 0 Å². The average molecular weight is 341 g/mol. The second-order valence-electron chi connectivity index (χ2n) is 4.27. The van der Waals surface area contributed by atoms with E-state index in [1.165, 1.54) is 57.0 Å². The molecular formula is C12H27BrCoP. The molecule has 0 unspecified atom stereocenters. The fourth-order valence-corrected chi connectivity index (χ4v) is 11.8. The Morgan fingerprint density at radius 2 is 1.13 bits per heavy atom. The minimum atomic E-state index is -0.641. The van der Waals surface area contributed by atoms with E-state index in [2.05, 4.69) is 34.9 Å². The zero-order valence-corrected chi connectivity index (χ0v) is 14.0. The molecule has 0 spiro atoms. The summed E-state index contributed by atoms with van der Waals surface area (Å²) in [7, 11) is 0. The van der Waals surface area contributed by atoms with Crippen LogP contribution in [0.3, 0.4) is 0 Å². The van der Waals surface area contributed by atoms with Gasteiger partial charge in [-0.05, 0) is 0 Å². The van der Waals surface area contributed by atoms with Crippen LogP contribution < -0.4 is 0 Å². The summed E-state index contributed by atoms with van der Waals surface area (Å²) in [6.45, 7) is 6.96. The summed E-state index contributed by atoms with van der Waals surface area (Å²) in [6.07, 6.45) is 13.0. The first-order valence-electron chi connectivity index (χ1n) is 6.35. The summed E-state index contributed by atoms with van der Waals surface area (Å²) in [5, 5.41) is 0. The molecule has 0 fully saturated rings. The second kappa shape index (κ2) is 10.6. The predicted molar refractivity (Wildman–Crippen MR) is 75.2 cm³/mol. The topological polar surface area (TPSA) is 0 Å². The van der Waals surface area contributed by atoms with Gasteiger partial charge in [0, 0.05) is 0 Å². The zero-order chi connectivity index (χ0) is 11.6. The van der Waals surface area contributed by atoms with Crippen molar-refractivity contribution in [1.82, 2.24) is 0 Å². The van der Waals surface area contributed by atoms with Crippen LogP contribution in [0, 0.1) is 0 Å². The van der Waals surface area contributed by atoms with Gasteiger partial charge in [-0.2, -0.15) is 0 Å². The molecule has 3 heteroatoms.